The first-order chi connectivity index (χ1) is 9.29. The Kier molecular flexibility index (Phi) is 3.38. The van der Waals surface area contributed by atoms with E-state index in [1.807, 2.05) is 32.3 Å². The van der Waals surface area contributed by atoms with Crippen LogP contribution in [-0.4, -0.2) is 12.0 Å². The first-order valence-corrected chi connectivity index (χ1v) is 6.97. The van der Waals surface area contributed by atoms with Crippen LogP contribution in [0, 0.1) is 6.92 Å². The molecule has 0 spiro atoms. The van der Waals surface area contributed by atoms with Gasteiger partial charge in [-0.15, -0.1) is 0 Å². The molecule has 0 aromatic carbocycles. The molecule has 0 saturated carbocycles. The lowest BCUT2D eigenvalue weighted by Gasteiger charge is -2.30. The molecule has 0 amide bonds. The van der Waals surface area contributed by atoms with Crippen molar-refractivity contribution in [3.8, 4) is 0 Å². The summed E-state index contributed by atoms with van der Waals surface area (Å²) in [5, 5.41) is 3.41. The van der Waals surface area contributed by atoms with Gasteiger partial charge in [-0.1, -0.05) is 6.07 Å². The van der Waals surface area contributed by atoms with E-state index in [0.717, 1.165) is 24.4 Å². The number of fused-ring (bicyclic) bond motifs is 1. The normalized spacial score (nSPS) is 20.0. The number of nitrogens with one attached hydrogen (secondary N) is 1. The van der Waals surface area contributed by atoms with E-state index in [9.17, 15) is 0 Å². The van der Waals surface area contributed by atoms with Crippen LogP contribution < -0.4 is 5.32 Å². The number of hydrogen-bond acceptors (Lipinski definition) is 3. The van der Waals surface area contributed by atoms with Crippen LogP contribution in [0.5, 0.6) is 0 Å². The zero-order valence-electron chi connectivity index (χ0n) is 11.5. The zero-order valence-corrected chi connectivity index (χ0v) is 11.5. The second kappa shape index (κ2) is 5.17. The van der Waals surface area contributed by atoms with Crippen molar-refractivity contribution in [1.29, 1.82) is 0 Å². The van der Waals surface area contributed by atoms with Crippen molar-refractivity contribution < 1.29 is 4.42 Å². The molecule has 100 valence electrons. The maximum atomic E-state index is 5.81. The van der Waals surface area contributed by atoms with Crippen molar-refractivity contribution in [3.05, 3.63) is 53.2 Å². The minimum Gasteiger partial charge on any atom is -0.465 e. The second-order valence-corrected chi connectivity index (χ2v) is 5.26. The molecule has 0 fully saturated rings. The van der Waals surface area contributed by atoms with E-state index in [-0.39, 0.29) is 6.04 Å². The molecule has 2 heterocycles. The Morgan fingerprint density at radius 3 is 3.00 bits per heavy atom. The predicted molar refractivity (Wildman–Crippen MR) is 75.2 cm³/mol. The van der Waals surface area contributed by atoms with Gasteiger partial charge < -0.3 is 9.73 Å². The highest BCUT2D eigenvalue weighted by molar-refractivity contribution is 5.29. The van der Waals surface area contributed by atoms with Crippen molar-refractivity contribution in [1.82, 2.24) is 10.3 Å². The molecule has 19 heavy (non-hydrogen) atoms. The Balaban J connectivity index is 1.97. The lowest BCUT2D eigenvalue weighted by molar-refractivity contribution is 0.346. The summed E-state index contributed by atoms with van der Waals surface area (Å²) in [5.74, 6) is 2.39. The molecule has 3 heteroatoms. The van der Waals surface area contributed by atoms with Gasteiger partial charge >= 0.3 is 0 Å². The van der Waals surface area contributed by atoms with Crippen LogP contribution in [0.1, 0.15) is 47.6 Å². The highest BCUT2D eigenvalue weighted by Crippen LogP contribution is 2.39. The van der Waals surface area contributed by atoms with Crippen LogP contribution in [-0.2, 0) is 6.42 Å². The standard InChI is InChI=1S/C16H20N2O/c1-11-8-9-14(19-11)16(17-2)13-7-3-5-12-6-4-10-18-15(12)13/h4,6,8-10,13,16-17H,3,5,7H2,1-2H3. The van der Waals surface area contributed by atoms with Crippen molar-refractivity contribution >= 4 is 0 Å². The molecular weight excluding hydrogens is 236 g/mol. The Hall–Kier alpha value is -1.61. The van der Waals surface area contributed by atoms with Gasteiger partial charge in [-0.25, -0.2) is 0 Å². The van der Waals surface area contributed by atoms with Gasteiger partial charge in [0.1, 0.15) is 11.5 Å². The first-order valence-electron chi connectivity index (χ1n) is 6.97. The summed E-state index contributed by atoms with van der Waals surface area (Å²) in [6.45, 7) is 1.99. The maximum Gasteiger partial charge on any atom is 0.121 e. The molecule has 0 aliphatic heterocycles. The van der Waals surface area contributed by atoms with Crippen molar-refractivity contribution in [2.24, 2.45) is 0 Å². The summed E-state index contributed by atoms with van der Waals surface area (Å²) in [5.41, 5.74) is 2.63. The van der Waals surface area contributed by atoms with Gasteiger partial charge in [-0.2, -0.15) is 0 Å². The lowest BCUT2D eigenvalue weighted by atomic mass is 9.81. The van der Waals surface area contributed by atoms with Crippen LogP contribution in [0.25, 0.3) is 0 Å². The Morgan fingerprint density at radius 1 is 1.37 bits per heavy atom. The minimum atomic E-state index is 0.211. The van der Waals surface area contributed by atoms with Crippen LogP contribution >= 0.6 is 0 Å². The monoisotopic (exact) mass is 256 g/mol. The number of aryl methyl sites for hydroxylation is 2. The Morgan fingerprint density at radius 2 is 2.26 bits per heavy atom. The molecule has 3 nitrogen and oxygen atoms in total. The van der Waals surface area contributed by atoms with Crippen LogP contribution in [0.15, 0.2) is 34.9 Å². The first kappa shape index (κ1) is 12.4. The molecule has 1 aliphatic carbocycles. The largest absolute Gasteiger partial charge is 0.465 e. The third-order valence-corrected chi connectivity index (χ3v) is 4.02. The number of rotatable bonds is 3. The average Bonchev–Trinajstić information content (AvgIpc) is 2.86. The summed E-state index contributed by atoms with van der Waals surface area (Å²) >= 11 is 0. The summed E-state index contributed by atoms with van der Waals surface area (Å²) in [7, 11) is 2.00. The van der Waals surface area contributed by atoms with Crippen LogP contribution in [0.4, 0.5) is 0 Å². The van der Waals surface area contributed by atoms with E-state index in [2.05, 4.69) is 22.4 Å². The van der Waals surface area contributed by atoms with Gasteiger partial charge in [-0.3, -0.25) is 4.98 Å². The number of hydrogen-bond donors (Lipinski definition) is 1. The molecule has 1 N–H and O–H groups in total. The van der Waals surface area contributed by atoms with Crippen molar-refractivity contribution in [2.75, 3.05) is 7.05 Å². The molecule has 0 radical (unpaired) electrons. The predicted octanol–water partition coefficient (Wildman–Crippen LogP) is 3.36. The number of likely N-dealkylation sites (N-methyl/N-ethyl adjacent to an activating group) is 1. The number of furan rings is 1. The van der Waals surface area contributed by atoms with E-state index in [0.29, 0.717) is 5.92 Å². The molecule has 2 aromatic rings. The van der Waals surface area contributed by atoms with Crippen LogP contribution in [0.2, 0.25) is 0 Å². The summed E-state index contributed by atoms with van der Waals surface area (Å²) < 4.78 is 5.81. The fraction of sp³-hybridized carbons (Fsp3) is 0.438. The van der Waals surface area contributed by atoms with Gasteiger partial charge in [0.05, 0.1) is 6.04 Å². The zero-order chi connectivity index (χ0) is 13.2. The lowest BCUT2D eigenvalue weighted by Crippen LogP contribution is -2.27. The molecule has 2 atom stereocenters. The number of pyridine rings is 1. The fourth-order valence-corrected chi connectivity index (χ4v) is 3.13. The highest BCUT2D eigenvalue weighted by Gasteiger charge is 2.30. The van der Waals surface area contributed by atoms with E-state index in [1.54, 1.807) is 0 Å². The van der Waals surface area contributed by atoms with E-state index in [4.69, 9.17) is 4.42 Å². The quantitative estimate of drug-likeness (QED) is 0.915. The van der Waals surface area contributed by atoms with Crippen molar-refractivity contribution in [2.45, 2.75) is 38.1 Å². The summed E-state index contributed by atoms with van der Waals surface area (Å²) in [6, 6.07) is 8.55. The smallest absolute Gasteiger partial charge is 0.121 e. The average molecular weight is 256 g/mol. The Bertz CT molecular complexity index is 561. The van der Waals surface area contributed by atoms with E-state index in [1.165, 1.54) is 17.7 Å². The number of nitrogens with zero attached hydrogens (tertiary/aromatic N) is 1. The maximum absolute atomic E-state index is 5.81. The molecule has 0 bridgehead atoms. The van der Waals surface area contributed by atoms with Gasteiger partial charge in [-0.05, 0) is 57.0 Å². The SMILES string of the molecule is CNC(c1ccc(C)o1)C1CCCc2cccnc21. The number of aromatic nitrogens is 1. The van der Waals surface area contributed by atoms with Gasteiger partial charge in [0, 0.05) is 17.8 Å². The van der Waals surface area contributed by atoms with Crippen LogP contribution in [0.3, 0.4) is 0 Å². The highest BCUT2D eigenvalue weighted by atomic mass is 16.3. The second-order valence-electron chi connectivity index (χ2n) is 5.26. The molecule has 1 aliphatic rings. The molecular formula is C16H20N2O. The summed E-state index contributed by atoms with van der Waals surface area (Å²) in [4.78, 5) is 4.62. The minimum absolute atomic E-state index is 0.211. The summed E-state index contributed by atoms with van der Waals surface area (Å²) in [6.07, 6.45) is 5.43. The molecule has 2 unspecified atom stereocenters. The van der Waals surface area contributed by atoms with Gasteiger partial charge in [0.2, 0.25) is 0 Å². The molecule has 0 saturated heterocycles. The third kappa shape index (κ3) is 2.30. The molecule has 2 aromatic heterocycles. The van der Waals surface area contributed by atoms with E-state index >= 15 is 0 Å². The van der Waals surface area contributed by atoms with E-state index < -0.39 is 0 Å². The van der Waals surface area contributed by atoms with Gasteiger partial charge in [0.15, 0.2) is 0 Å². The Labute approximate surface area is 114 Å². The topological polar surface area (TPSA) is 38.1 Å². The van der Waals surface area contributed by atoms with Gasteiger partial charge in [0.25, 0.3) is 0 Å². The van der Waals surface area contributed by atoms with Crippen molar-refractivity contribution in [3.63, 3.8) is 0 Å². The molecule has 3 rings (SSSR count). The third-order valence-electron chi connectivity index (χ3n) is 4.02. The fourth-order valence-electron chi connectivity index (χ4n) is 3.13.